The van der Waals surface area contributed by atoms with E-state index < -0.39 is 16.1 Å². The van der Waals surface area contributed by atoms with Crippen molar-refractivity contribution >= 4 is 33.2 Å². The number of rotatable bonds is 6. The van der Waals surface area contributed by atoms with Crippen molar-refractivity contribution in [1.29, 1.82) is 0 Å². The van der Waals surface area contributed by atoms with Gasteiger partial charge in [0, 0.05) is 11.6 Å². The maximum absolute atomic E-state index is 12.7. The zero-order valence-electron chi connectivity index (χ0n) is 13.3. The SMILES string of the molecule is COc1ccccc1[C@@H](C)NS(=O)(=O)c1ccc(OC)c(Cl)c1Cl. The number of para-hydroxylation sites is 1. The molecule has 0 bridgehead atoms. The number of sulfonamides is 1. The Balaban J connectivity index is 2.37. The predicted molar refractivity (Wildman–Crippen MR) is 94.7 cm³/mol. The summed E-state index contributed by atoms with van der Waals surface area (Å²) < 4.78 is 38.2. The van der Waals surface area contributed by atoms with Crippen LogP contribution in [-0.4, -0.2) is 22.6 Å². The molecule has 0 saturated carbocycles. The lowest BCUT2D eigenvalue weighted by Crippen LogP contribution is -2.27. The zero-order chi connectivity index (χ0) is 17.9. The number of methoxy groups -OCH3 is 2. The van der Waals surface area contributed by atoms with Crippen molar-refractivity contribution in [3.05, 3.63) is 52.0 Å². The summed E-state index contributed by atoms with van der Waals surface area (Å²) in [7, 11) is -0.936. The van der Waals surface area contributed by atoms with E-state index in [1.165, 1.54) is 26.4 Å². The molecule has 24 heavy (non-hydrogen) atoms. The number of ether oxygens (including phenoxy) is 2. The molecular formula is C16H17Cl2NO4S. The van der Waals surface area contributed by atoms with Crippen LogP contribution < -0.4 is 14.2 Å². The van der Waals surface area contributed by atoms with Crippen molar-refractivity contribution in [3.63, 3.8) is 0 Å². The van der Waals surface area contributed by atoms with Gasteiger partial charge in [-0.1, -0.05) is 41.4 Å². The van der Waals surface area contributed by atoms with E-state index >= 15 is 0 Å². The Morgan fingerprint density at radius 1 is 0.958 bits per heavy atom. The minimum Gasteiger partial charge on any atom is -0.496 e. The second kappa shape index (κ2) is 7.61. The molecule has 2 aromatic carbocycles. The van der Waals surface area contributed by atoms with Crippen molar-refractivity contribution in [2.24, 2.45) is 0 Å². The van der Waals surface area contributed by atoms with Crippen LogP contribution in [0.3, 0.4) is 0 Å². The first kappa shape index (κ1) is 18.9. The van der Waals surface area contributed by atoms with E-state index in [9.17, 15) is 8.42 Å². The molecule has 0 aliphatic carbocycles. The number of hydrogen-bond acceptors (Lipinski definition) is 4. The third-order valence-corrected chi connectivity index (χ3v) is 6.02. The van der Waals surface area contributed by atoms with E-state index in [4.69, 9.17) is 32.7 Å². The molecule has 0 spiro atoms. The summed E-state index contributed by atoms with van der Waals surface area (Å²) in [6, 6.07) is 9.44. The van der Waals surface area contributed by atoms with Gasteiger partial charge in [-0.2, -0.15) is 0 Å². The summed E-state index contributed by atoms with van der Waals surface area (Å²) in [4.78, 5) is -0.114. The van der Waals surface area contributed by atoms with Gasteiger partial charge in [-0.3, -0.25) is 0 Å². The Hall–Kier alpha value is -1.47. The summed E-state index contributed by atoms with van der Waals surface area (Å²) in [6.45, 7) is 1.72. The molecule has 130 valence electrons. The number of halogens is 2. The lowest BCUT2D eigenvalue weighted by atomic mass is 10.1. The highest BCUT2D eigenvalue weighted by atomic mass is 35.5. The monoisotopic (exact) mass is 389 g/mol. The van der Waals surface area contributed by atoms with Gasteiger partial charge in [0.2, 0.25) is 10.0 Å². The first-order valence-corrected chi connectivity index (χ1v) is 9.23. The second-order valence-electron chi connectivity index (χ2n) is 4.98. The smallest absolute Gasteiger partial charge is 0.242 e. The van der Waals surface area contributed by atoms with Gasteiger partial charge in [0.05, 0.1) is 19.2 Å². The standard InChI is InChI=1S/C16H17Cl2NO4S/c1-10(11-6-4-5-7-12(11)22-2)19-24(20,21)14-9-8-13(23-3)15(17)16(14)18/h4-10,19H,1-3H3/t10-/m1/s1. The highest BCUT2D eigenvalue weighted by Crippen LogP contribution is 2.37. The third kappa shape index (κ3) is 3.78. The molecule has 1 N–H and O–H groups in total. The van der Waals surface area contributed by atoms with E-state index in [0.717, 1.165) is 0 Å². The molecule has 0 saturated heterocycles. The lowest BCUT2D eigenvalue weighted by molar-refractivity contribution is 0.405. The van der Waals surface area contributed by atoms with E-state index in [1.807, 2.05) is 6.07 Å². The van der Waals surface area contributed by atoms with Crippen LogP contribution in [0.5, 0.6) is 11.5 Å². The van der Waals surface area contributed by atoms with Crippen molar-refractivity contribution < 1.29 is 17.9 Å². The van der Waals surface area contributed by atoms with Crippen LogP contribution in [0.2, 0.25) is 10.0 Å². The Morgan fingerprint density at radius 2 is 1.58 bits per heavy atom. The van der Waals surface area contributed by atoms with E-state index in [0.29, 0.717) is 17.1 Å². The summed E-state index contributed by atoms with van der Waals surface area (Å²) in [5.74, 6) is 0.893. The van der Waals surface area contributed by atoms with E-state index in [2.05, 4.69) is 4.72 Å². The van der Waals surface area contributed by atoms with Gasteiger partial charge < -0.3 is 9.47 Å². The maximum Gasteiger partial charge on any atom is 0.242 e. The normalized spacial score (nSPS) is 12.7. The molecule has 0 amide bonds. The molecule has 0 fully saturated rings. The minimum absolute atomic E-state index is 0.0481. The number of hydrogen-bond donors (Lipinski definition) is 1. The zero-order valence-corrected chi connectivity index (χ0v) is 15.7. The third-order valence-electron chi connectivity index (χ3n) is 3.46. The molecule has 2 aromatic rings. The van der Waals surface area contributed by atoms with Gasteiger partial charge in [-0.25, -0.2) is 13.1 Å². The Kier molecular flexibility index (Phi) is 5.98. The molecule has 0 aliphatic rings. The fourth-order valence-electron chi connectivity index (χ4n) is 2.26. The first-order valence-electron chi connectivity index (χ1n) is 6.99. The highest BCUT2D eigenvalue weighted by molar-refractivity contribution is 7.89. The minimum atomic E-state index is -3.89. The van der Waals surface area contributed by atoms with Gasteiger partial charge in [-0.15, -0.1) is 0 Å². The summed E-state index contributed by atoms with van der Waals surface area (Å²) in [6.07, 6.45) is 0. The van der Waals surface area contributed by atoms with Crippen LogP contribution in [0.25, 0.3) is 0 Å². The molecule has 0 aliphatic heterocycles. The van der Waals surface area contributed by atoms with Gasteiger partial charge in [0.25, 0.3) is 0 Å². The van der Waals surface area contributed by atoms with Crippen LogP contribution in [0.15, 0.2) is 41.3 Å². The van der Waals surface area contributed by atoms with Gasteiger partial charge >= 0.3 is 0 Å². The molecule has 5 nitrogen and oxygen atoms in total. The molecule has 2 rings (SSSR count). The molecule has 1 atom stereocenters. The average Bonchev–Trinajstić information content (AvgIpc) is 2.56. The molecule has 0 heterocycles. The fourth-order valence-corrected chi connectivity index (χ4v) is 4.33. The first-order chi connectivity index (χ1) is 11.3. The highest BCUT2D eigenvalue weighted by Gasteiger charge is 2.25. The van der Waals surface area contributed by atoms with Crippen molar-refractivity contribution in [2.75, 3.05) is 14.2 Å². The predicted octanol–water partition coefficient (Wildman–Crippen LogP) is 4.05. The van der Waals surface area contributed by atoms with Crippen LogP contribution in [0.4, 0.5) is 0 Å². The molecular weight excluding hydrogens is 373 g/mol. The molecule has 0 unspecified atom stereocenters. The van der Waals surface area contributed by atoms with Crippen molar-refractivity contribution in [2.45, 2.75) is 17.9 Å². The fraction of sp³-hybridized carbons (Fsp3) is 0.250. The van der Waals surface area contributed by atoms with E-state index in [-0.39, 0.29) is 14.9 Å². The summed E-state index contributed by atoms with van der Waals surface area (Å²) in [5, 5.41) is -0.0391. The average molecular weight is 390 g/mol. The van der Waals surface area contributed by atoms with Gasteiger partial charge in [0.15, 0.2) is 0 Å². The van der Waals surface area contributed by atoms with Crippen molar-refractivity contribution in [3.8, 4) is 11.5 Å². The van der Waals surface area contributed by atoms with Gasteiger partial charge in [0.1, 0.15) is 21.4 Å². The number of nitrogens with one attached hydrogen (secondary N) is 1. The largest absolute Gasteiger partial charge is 0.496 e. The summed E-state index contributed by atoms with van der Waals surface area (Å²) >= 11 is 12.1. The van der Waals surface area contributed by atoms with Gasteiger partial charge in [-0.05, 0) is 25.1 Å². The molecule has 0 radical (unpaired) electrons. The van der Waals surface area contributed by atoms with Crippen LogP contribution >= 0.6 is 23.2 Å². The maximum atomic E-state index is 12.7. The Morgan fingerprint density at radius 3 is 2.21 bits per heavy atom. The van der Waals surface area contributed by atoms with Crippen LogP contribution in [0.1, 0.15) is 18.5 Å². The molecule has 0 aromatic heterocycles. The summed E-state index contributed by atoms with van der Waals surface area (Å²) in [5.41, 5.74) is 0.708. The Labute approximate surface area is 151 Å². The van der Waals surface area contributed by atoms with E-state index in [1.54, 1.807) is 25.1 Å². The topological polar surface area (TPSA) is 64.6 Å². The number of benzene rings is 2. The van der Waals surface area contributed by atoms with Crippen LogP contribution in [0, 0.1) is 0 Å². The molecule has 8 heteroatoms. The quantitative estimate of drug-likeness (QED) is 0.808. The second-order valence-corrected chi connectivity index (χ2v) is 7.42. The van der Waals surface area contributed by atoms with Crippen molar-refractivity contribution in [1.82, 2.24) is 4.72 Å². The Bertz CT molecular complexity index is 840. The van der Waals surface area contributed by atoms with Crippen LogP contribution in [-0.2, 0) is 10.0 Å². The lowest BCUT2D eigenvalue weighted by Gasteiger charge is -2.18.